The van der Waals surface area contributed by atoms with Gasteiger partial charge in [-0.05, 0) is 50.0 Å². The lowest BCUT2D eigenvalue weighted by atomic mass is 9.78. The Morgan fingerprint density at radius 2 is 1.74 bits per heavy atom. The fourth-order valence-electron chi connectivity index (χ4n) is 3.48. The molecule has 5 nitrogen and oxygen atoms in total. The van der Waals surface area contributed by atoms with Gasteiger partial charge in [0.1, 0.15) is 0 Å². The van der Waals surface area contributed by atoms with Gasteiger partial charge in [-0.1, -0.05) is 12.1 Å². The van der Waals surface area contributed by atoms with Crippen molar-refractivity contribution in [3.63, 3.8) is 0 Å². The maximum absolute atomic E-state index is 12.7. The molecule has 2 aliphatic heterocycles. The van der Waals surface area contributed by atoms with Gasteiger partial charge in [0.25, 0.3) is 0 Å². The summed E-state index contributed by atoms with van der Waals surface area (Å²) < 4.78 is 22.9. The van der Waals surface area contributed by atoms with E-state index in [0.717, 1.165) is 44.5 Å². The summed E-state index contributed by atoms with van der Waals surface area (Å²) in [5.41, 5.74) is 0.824. The molecule has 1 aromatic carbocycles. The highest BCUT2D eigenvalue weighted by Crippen LogP contribution is 2.40. The van der Waals surface area contributed by atoms with Crippen LogP contribution in [0.1, 0.15) is 24.8 Å². The Morgan fingerprint density at radius 1 is 1.13 bits per heavy atom. The summed E-state index contributed by atoms with van der Waals surface area (Å²) in [4.78, 5) is 15.0. The Balaban J connectivity index is 0.00000192. The van der Waals surface area contributed by atoms with Crippen LogP contribution in [0, 0.1) is 5.41 Å². The van der Waals surface area contributed by atoms with E-state index in [1.54, 1.807) is 24.3 Å². The topological polar surface area (TPSA) is 66.5 Å². The minimum Gasteiger partial charge on any atom is -0.338 e. The smallest absolute Gasteiger partial charge is 0.229 e. The molecule has 0 saturated carbocycles. The largest absolute Gasteiger partial charge is 0.338 e. The number of sulfone groups is 1. The Kier molecular flexibility index (Phi) is 5.38. The van der Waals surface area contributed by atoms with Gasteiger partial charge < -0.3 is 10.2 Å². The van der Waals surface area contributed by atoms with E-state index in [9.17, 15) is 13.2 Å². The average Bonchev–Trinajstić information content (AvgIpc) is 2.77. The number of amides is 1. The monoisotopic (exact) mass is 358 g/mol. The molecule has 2 heterocycles. The zero-order chi connectivity index (χ0) is 15.8. The predicted molar refractivity (Wildman–Crippen MR) is 91.4 cm³/mol. The van der Waals surface area contributed by atoms with Crippen LogP contribution in [0.3, 0.4) is 0 Å². The zero-order valence-corrected chi connectivity index (χ0v) is 14.9. The third-order valence-electron chi connectivity index (χ3n) is 4.89. The van der Waals surface area contributed by atoms with Crippen molar-refractivity contribution < 1.29 is 13.2 Å². The van der Waals surface area contributed by atoms with Crippen LogP contribution in [0.4, 0.5) is 0 Å². The molecule has 0 radical (unpaired) electrons. The number of benzene rings is 1. The average molecular weight is 359 g/mol. The van der Waals surface area contributed by atoms with Crippen LogP contribution >= 0.6 is 12.4 Å². The van der Waals surface area contributed by atoms with E-state index in [0.29, 0.717) is 11.4 Å². The third-order valence-corrected chi connectivity index (χ3v) is 6.02. The summed E-state index contributed by atoms with van der Waals surface area (Å²) in [5, 5.41) is 3.31. The molecule has 2 aliphatic rings. The van der Waals surface area contributed by atoms with Crippen molar-refractivity contribution in [1.29, 1.82) is 0 Å². The molecule has 1 spiro atoms. The molecule has 128 valence electrons. The quantitative estimate of drug-likeness (QED) is 0.891. The fraction of sp³-hybridized carbons (Fsp3) is 0.562. The highest BCUT2D eigenvalue weighted by atomic mass is 35.5. The lowest BCUT2D eigenvalue weighted by molar-refractivity contribution is -0.137. The van der Waals surface area contributed by atoms with Gasteiger partial charge in [0.15, 0.2) is 9.84 Å². The molecule has 0 bridgehead atoms. The molecule has 7 heteroatoms. The Morgan fingerprint density at radius 3 is 2.30 bits per heavy atom. The highest BCUT2D eigenvalue weighted by molar-refractivity contribution is 7.90. The molecule has 23 heavy (non-hydrogen) atoms. The summed E-state index contributed by atoms with van der Waals surface area (Å²) in [6, 6.07) is 6.84. The zero-order valence-electron chi connectivity index (χ0n) is 13.2. The van der Waals surface area contributed by atoms with Crippen molar-refractivity contribution in [3.05, 3.63) is 29.8 Å². The first kappa shape index (κ1) is 18.2. The summed E-state index contributed by atoms with van der Waals surface area (Å²) in [7, 11) is -3.17. The van der Waals surface area contributed by atoms with Gasteiger partial charge in [-0.2, -0.15) is 0 Å². The Hall–Kier alpha value is -1.11. The molecule has 0 aromatic heterocycles. The van der Waals surface area contributed by atoms with Gasteiger partial charge in [-0.3, -0.25) is 4.79 Å². The third kappa shape index (κ3) is 3.70. The van der Waals surface area contributed by atoms with Gasteiger partial charge in [0.2, 0.25) is 5.91 Å². The Labute approximate surface area is 143 Å². The minimum absolute atomic E-state index is 0. The van der Waals surface area contributed by atoms with Crippen molar-refractivity contribution in [2.45, 2.75) is 30.7 Å². The van der Waals surface area contributed by atoms with Gasteiger partial charge in [-0.15, -0.1) is 12.4 Å². The second-order valence-corrected chi connectivity index (χ2v) is 8.44. The molecule has 0 aliphatic carbocycles. The summed E-state index contributed by atoms with van der Waals surface area (Å²) >= 11 is 0. The minimum atomic E-state index is -3.17. The fourth-order valence-corrected chi connectivity index (χ4v) is 4.11. The van der Waals surface area contributed by atoms with Crippen molar-refractivity contribution in [2.24, 2.45) is 5.41 Å². The molecule has 1 aromatic rings. The summed E-state index contributed by atoms with van der Waals surface area (Å²) in [6.45, 7) is 3.20. The molecule has 2 fully saturated rings. The lowest BCUT2D eigenvalue weighted by Gasteiger charge is -2.32. The first-order valence-corrected chi connectivity index (χ1v) is 9.59. The predicted octanol–water partition coefficient (Wildman–Crippen LogP) is 1.61. The molecule has 2 saturated heterocycles. The van der Waals surface area contributed by atoms with E-state index in [1.165, 1.54) is 6.26 Å². The molecule has 3 rings (SSSR count). The standard InChI is InChI=1S/C16H22N2O3S.ClH/c1-22(20,21)14-4-2-13(3-5-14)12-18-11-8-16(15(18)19)6-9-17-10-7-16;/h2-5,17H,6-12H2,1H3;1H. The van der Waals surface area contributed by atoms with Crippen LogP contribution in [0.2, 0.25) is 0 Å². The molecular weight excluding hydrogens is 336 g/mol. The van der Waals surface area contributed by atoms with Crippen molar-refractivity contribution in [2.75, 3.05) is 25.9 Å². The number of hydrogen-bond donors (Lipinski definition) is 1. The molecule has 0 unspecified atom stereocenters. The first-order chi connectivity index (χ1) is 10.4. The van der Waals surface area contributed by atoms with E-state index < -0.39 is 9.84 Å². The second kappa shape index (κ2) is 6.79. The van der Waals surface area contributed by atoms with E-state index in [2.05, 4.69) is 5.32 Å². The van der Waals surface area contributed by atoms with E-state index >= 15 is 0 Å². The number of carbonyl (C=O) groups excluding carboxylic acids is 1. The van der Waals surface area contributed by atoms with Crippen LogP contribution in [0.15, 0.2) is 29.2 Å². The van der Waals surface area contributed by atoms with Crippen LogP contribution in [0.5, 0.6) is 0 Å². The Bertz CT molecular complexity index is 667. The van der Waals surface area contributed by atoms with Crippen molar-refractivity contribution in [1.82, 2.24) is 10.2 Å². The van der Waals surface area contributed by atoms with Gasteiger partial charge >= 0.3 is 0 Å². The number of nitrogens with zero attached hydrogens (tertiary/aromatic N) is 1. The van der Waals surface area contributed by atoms with E-state index in [1.807, 2.05) is 4.90 Å². The second-order valence-electron chi connectivity index (χ2n) is 6.42. The van der Waals surface area contributed by atoms with Gasteiger partial charge in [-0.25, -0.2) is 8.42 Å². The number of piperidine rings is 1. The lowest BCUT2D eigenvalue weighted by Crippen LogP contribution is -2.42. The van der Waals surface area contributed by atoms with Crippen LogP contribution in [0.25, 0.3) is 0 Å². The number of rotatable bonds is 3. The molecular formula is C16H23ClN2O3S. The molecule has 1 N–H and O–H groups in total. The number of nitrogens with one attached hydrogen (secondary N) is 1. The summed E-state index contributed by atoms with van der Waals surface area (Å²) in [5.74, 6) is 0.265. The summed E-state index contributed by atoms with van der Waals surface area (Å²) in [6.07, 6.45) is 3.99. The maximum Gasteiger partial charge on any atom is 0.229 e. The normalized spacial score (nSPS) is 20.6. The number of carbonyl (C=O) groups is 1. The van der Waals surface area contributed by atoms with Crippen LogP contribution in [-0.2, 0) is 21.2 Å². The van der Waals surface area contributed by atoms with Crippen molar-refractivity contribution in [3.8, 4) is 0 Å². The molecule has 1 amide bonds. The number of hydrogen-bond acceptors (Lipinski definition) is 4. The van der Waals surface area contributed by atoms with Gasteiger partial charge in [0.05, 0.1) is 10.3 Å². The van der Waals surface area contributed by atoms with Gasteiger partial charge in [0, 0.05) is 19.3 Å². The van der Waals surface area contributed by atoms with Crippen molar-refractivity contribution >= 4 is 28.2 Å². The molecule has 0 atom stereocenters. The van der Waals surface area contributed by atoms with E-state index in [4.69, 9.17) is 0 Å². The number of likely N-dealkylation sites (tertiary alicyclic amines) is 1. The van der Waals surface area contributed by atoms with Crippen LogP contribution < -0.4 is 5.32 Å². The van der Waals surface area contributed by atoms with Crippen LogP contribution in [-0.4, -0.2) is 45.1 Å². The SMILES string of the molecule is CS(=O)(=O)c1ccc(CN2CCC3(CCNCC3)C2=O)cc1.Cl. The highest BCUT2D eigenvalue weighted by Gasteiger charge is 2.46. The number of halogens is 1. The maximum atomic E-state index is 12.7. The van der Waals surface area contributed by atoms with E-state index in [-0.39, 0.29) is 23.7 Å². The first-order valence-electron chi connectivity index (χ1n) is 7.70.